The van der Waals surface area contributed by atoms with Crippen molar-refractivity contribution in [1.29, 1.82) is 5.26 Å². The molecule has 0 bridgehead atoms. The highest BCUT2D eigenvalue weighted by molar-refractivity contribution is 5.08. The summed E-state index contributed by atoms with van der Waals surface area (Å²) in [6, 6.07) is 1.96. The largest absolute Gasteiger partial charge is 0.193 e. The SMILES string of the molecule is CCCCC/C=C/C=C/C/C=C/C#N. The van der Waals surface area contributed by atoms with E-state index < -0.39 is 0 Å². The van der Waals surface area contributed by atoms with Gasteiger partial charge in [0.2, 0.25) is 0 Å². The van der Waals surface area contributed by atoms with Gasteiger partial charge in [0.05, 0.1) is 6.07 Å². The van der Waals surface area contributed by atoms with Crippen molar-refractivity contribution in [1.82, 2.24) is 0 Å². The van der Waals surface area contributed by atoms with Crippen molar-refractivity contribution in [2.45, 2.75) is 39.0 Å². The molecule has 76 valence electrons. The van der Waals surface area contributed by atoms with Crippen LogP contribution in [0.3, 0.4) is 0 Å². The first-order chi connectivity index (χ1) is 6.91. The van der Waals surface area contributed by atoms with Crippen molar-refractivity contribution in [2.75, 3.05) is 0 Å². The van der Waals surface area contributed by atoms with Crippen LogP contribution in [0.5, 0.6) is 0 Å². The van der Waals surface area contributed by atoms with Gasteiger partial charge in [0.15, 0.2) is 0 Å². The third kappa shape index (κ3) is 10.7. The Balaban J connectivity index is 3.33. The van der Waals surface area contributed by atoms with E-state index in [0.717, 1.165) is 6.42 Å². The Morgan fingerprint density at radius 2 is 1.86 bits per heavy atom. The van der Waals surface area contributed by atoms with Crippen molar-refractivity contribution >= 4 is 0 Å². The summed E-state index contributed by atoms with van der Waals surface area (Å²) in [5.41, 5.74) is 0. The first-order valence-corrected chi connectivity index (χ1v) is 5.28. The Hall–Kier alpha value is -1.29. The van der Waals surface area contributed by atoms with Crippen molar-refractivity contribution < 1.29 is 0 Å². The quantitative estimate of drug-likeness (QED) is 0.335. The van der Waals surface area contributed by atoms with E-state index in [2.05, 4.69) is 19.1 Å². The van der Waals surface area contributed by atoms with Crippen molar-refractivity contribution in [2.24, 2.45) is 0 Å². The highest BCUT2D eigenvalue weighted by Crippen LogP contribution is 1.99. The van der Waals surface area contributed by atoms with Crippen LogP contribution in [0.25, 0.3) is 0 Å². The molecule has 1 nitrogen and oxygen atoms in total. The Morgan fingerprint density at radius 3 is 2.57 bits per heavy atom. The summed E-state index contributed by atoms with van der Waals surface area (Å²) >= 11 is 0. The van der Waals surface area contributed by atoms with E-state index in [-0.39, 0.29) is 0 Å². The topological polar surface area (TPSA) is 23.8 Å². The zero-order valence-electron chi connectivity index (χ0n) is 8.95. The van der Waals surface area contributed by atoms with Crippen LogP contribution in [0.15, 0.2) is 36.5 Å². The van der Waals surface area contributed by atoms with E-state index in [4.69, 9.17) is 5.26 Å². The fourth-order valence-electron chi connectivity index (χ4n) is 1.04. The number of unbranched alkanes of at least 4 members (excludes halogenated alkanes) is 3. The van der Waals surface area contributed by atoms with Gasteiger partial charge >= 0.3 is 0 Å². The molecule has 0 heterocycles. The van der Waals surface area contributed by atoms with Gasteiger partial charge in [-0.15, -0.1) is 0 Å². The minimum absolute atomic E-state index is 0.840. The molecule has 0 saturated heterocycles. The number of rotatable bonds is 7. The Bertz CT molecular complexity index is 228. The lowest BCUT2D eigenvalue weighted by Crippen LogP contribution is -1.69. The average Bonchev–Trinajstić information content (AvgIpc) is 2.21. The van der Waals surface area contributed by atoms with Gasteiger partial charge in [0.25, 0.3) is 0 Å². The van der Waals surface area contributed by atoms with Crippen LogP contribution >= 0.6 is 0 Å². The number of allylic oxidation sites excluding steroid dienone is 6. The summed E-state index contributed by atoms with van der Waals surface area (Å²) in [7, 11) is 0. The van der Waals surface area contributed by atoms with Gasteiger partial charge in [-0.3, -0.25) is 0 Å². The van der Waals surface area contributed by atoms with E-state index >= 15 is 0 Å². The zero-order valence-corrected chi connectivity index (χ0v) is 8.95. The van der Waals surface area contributed by atoms with E-state index in [1.807, 2.05) is 24.3 Å². The van der Waals surface area contributed by atoms with Crippen LogP contribution in [0.1, 0.15) is 39.0 Å². The molecule has 0 rings (SSSR count). The highest BCUT2D eigenvalue weighted by atomic mass is 14.2. The maximum atomic E-state index is 8.21. The third-order valence-corrected chi connectivity index (χ3v) is 1.82. The molecule has 0 atom stereocenters. The summed E-state index contributed by atoms with van der Waals surface area (Å²) in [6.07, 6.45) is 17.6. The molecule has 0 unspecified atom stereocenters. The van der Waals surface area contributed by atoms with Crippen LogP contribution in [0, 0.1) is 11.3 Å². The van der Waals surface area contributed by atoms with Crippen molar-refractivity contribution in [3.8, 4) is 6.07 Å². The molecule has 0 aliphatic heterocycles. The molecule has 0 fully saturated rings. The molecule has 0 aliphatic carbocycles. The molecule has 0 aromatic rings. The Morgan fingerprint density at radius 1 is 1.07 bits per heavy atom. The van der Waals surface area contributed by atoms with Crippen LogP contribution in [-0.2, 0) is 0 Å². The summed E-state index contributed by atoms with van der Waals surface area (Å²) in [6.45, 7) is 2.21. The number of nitriles is 1. The second kappa shape index (κ2) is 11.7. The van der Waals surface area contributed by atoms with Crippen LogP contribution in [-0.4, -0.2) is 0 Å². The third-order valence-electron chi connectivity index (χ3n) is 1.82. The first kappa shape index (κ1) is 12.7. The van der Waals surface area contributed by atoms with Crippen LogP contribution < -0.4 is 0 Å². The molecule has 0 N–H and O–H groups in total. The fourth-order valence-corrected chi connectivity index (χ4v) is 1.04. The Labute approximate surface area is 87.4 Å². The summed E-state index contributed by atoms with van der Waals surface area (Å²) < 4.78 is 0. The van der Waals surface area contributed by atoms with Gasteiger partial charge in [-0.2, -0.15) is 5.26 Å². The predicted octanol–water partition coefficient (Wildman–Crippen LogP) is 4.15. The van der Waals surface area contributed by atoms with Gasteiger partial charge in [-0.05, 0) is 19.3 Å². The molecule has 1 heteroatoms. The molecule has 14 heavy (non-hydrogen) atoms. The normalized spacial score (nSPS) is 11.7. The smallest absolute Gasteiger partial charge is 0.0908 e. The van der Waals surface area contributed by atoms with Gasteiger partial charge in [-0.25, -0.2) is 0 Å². The minimum Gasteiger partial charge on any atom is -0.193 e. The van der Waals surface area contributed by atoms with Crippen molar-refractivity contribution in [3.63, 3.8) is 0 Å². The van der Waals surface area contributed by atoms with Gasteiger partial charge < -0.3 is 0 Å². The second-order valence-corrected chi connectivity index (χ2v) is 3.12. The van der Waals surface area contributed by atoms with E-state index in [1.165, 1.54) is 31.8 Å². The Kier molecular flexibility index (Phi) is 10.6. The second-order valence-electron chi connectivity index (χ2n) is 3.12. The lowest BCUT2D eigenvalue weighted by Gasteiger charge is -1.89. The predicted molar refractivity (Wildman–Crippen MR) is 61.8 cm³/mol. The molecule has 0 radical (unpaired) electrons. The monoisotopic (exact) mass is 189 g/mol. The van der Waals surface area contributed by atoms with E-state index in [0.29, 0.717) is 0 Å². The number of hydrogen-bond donors (Lipinski definition) is 0. The summed E-state index contributed by atoms with van der Waals surface area (Å²) in [5, 5.41) is 8.21. The first-order valence-electron chi connectivity index (χ1n) is 5.28. The van der Waals surface area contributed by atoms with Crippen LogP contribution in [0.2, 0.25) is 0 Å². The molecular formula is C13H19N. The lowest BCUT2D eigenvalue weighted by atomic mass is 10.2. The molecule has 0 spiro atoms. The number of hydrogen-bond acceptors (Lipinski definition) is 1. The minimum atomic E-state index is 0.840. The standard InChI is InChI=1S/C13H19N/c1-2-3-4-5-6-7-8-9-10-11-12-13-14/h6-9,11-12H,2-5,10H2,1H3/b7-6+,9-8+,12-11+. The molecule has 0 aromatic carbocycles. The van der Waals surface area contributed by atoms with E-state index in [1.54, 1.807) is 0 Å². The highest BCUT2D eigenvalue weighted by Gasteiger charge is 1.79. The average molecular weight is 189 g/mol. The van der Waals surface area contributed by atoms with Gasteiger partial charge in [0.1, 0.15) is 0 Å². The van der Waals surface area contributed by atoms with Gasteiger partial charge in [0, 0.05) is 6.08 Å². The summed E-state index contributed by atoms with van der Waals surface area (Å²) in [5.74, 6) is 0. The lowest BCUT2D eigenvalue weighted by molar-refractivity contribution is 0.729. The molecule has 0 saturated carbocycles. The number of nitrogens with zero attached hydrogens (tertiary/aromatic N) is 1. The van der Waals surface area contributed by atoms with E-state index in [9.17, 15) is 0 Å². The maximum Gasteiger partial charge on any atom is 0.0908 e. The summed E-state index contributed by atoms with van der Waals surface area (Å²) in [4.78, 5) is 0. The fraction of sp³-hybridized carbons (Fsp3) is 0.462. The van der Waals surface area contributed by atoms with Crippen LogP contribution in [0.4, 0.5) is 0 Å². The van der Waals surface area contributed by atoms with Gasteiger partial charge in [-0.1, -0.05) is 50.1 Å². The van der Waals surface area contributed by atoms with Crippen molar-refractivity contribution in [3.05, 3.63) is 36.5 Å². The molecular weight excluding hydrogens is 170 g/mol. The molecule has 0 amide bonds. The zero-order chi connectivity index (χ0) is 10.5. The molecule has 0 aliphatic rings. The maximum absolute atomic E-state index is 8.21. The molecule has 0 aromatic heterocycles.